The zero-order valence-electron chi connectivity index (χ0n) is 15.6. The predicted octanol–water partition coefficient (Wildman–Crippen LogP) is 3.94. The van der Waals surface area contributed by atoms with E-state index in [0.29, 0.717) is 5.75 Å². The van der Waals surface area contributed by atoms with Crippen LogP contribution in [0.25, 0.3) is 10.2 Å². The fraction of sp³-hybridized carbons (Fsp3) is 0.350. The summed E-state index contributed by atoms with van der Waals surface area (Å²) in [5.74, 6) is -0.226. The van der Waals surface area contributed by atoms with Crippen LogP contribution in [0.2, 0.25) is 0 Å². The van der Waals surface area contributed by atoms with Crippen molar-refractivity contribution in [1.82, 2.24) is 9.55 Å². The summed E-state index contributed by atoms with van der Waals surface area (Å²) in [7, 11) is 0. The minimum absolute atomic E-state index is 0.0838. The number of fused-ring (bicyclic) bond motifs is 1. The number of carboxylic acids is 1. The van der Waals surface area contributed by atoms with Crippen LogP contribution in [0.3, 0.4) is 0 Å². The molecule has 0 amide bonds. The lowest BCUT2D eigenvalue weighted by atomic mass is 10.1. The van der Waals surface area contributed by atoms with Crippen LogP contribution in [-0.2, 0) is 17.8 Å². The normalized spacial score (nSPS) is 12.3. The number of aryl methyl sites for hydroxylation is 3. The summed E-state index contributed by atoms with van der Waals surface area (Å²) in [4.78, 5) is 27.3. The van der Waals surface area contributed by atoms with Gasteiger partial charge >= 0.3 is 10.8 Å². The lowest BCUT2D eigenvalue weighted by molar-refractivity contribution is -0.137. The maximum atomic E-state index is 12.2. The van der Waals surface area contributed by atoms with E-state index in [-0.39, 0.29) is 23.9 Å². The molecular formula is C20H22N2O4S. The Kier molecular flexibility index (Phi) is 5.60. The molecule has 0 aliphatic carbocycles. The Hall–Kier alpha value is -2.67. The molecule has 0 spiro atoms. The zero-order chi connectivity index (χ0) is 19.6. The first-order chi connectivity index (χ1) is 12.9. The Morgan fingerprint density at radius 1 is 1.37 bits per heavy atom. The van der Waals surface area contributed by atoms with Crippen LogP contribution in [0.4, 0.5) is 0 Å². The summed E-state index contributed by atoms with van der Waals surface area (Å²) in [6, 6.07) is 7.75. The van der Waals surface area contributed by atoms with Crippen molar-refractivity contribution in [2.24, 2.45) is 0 Å². The second kappa shape index (κ2) is 7.92. The van der Waals surface area contributed by atoms with Crippen molar-refractivity contribution >= 4 is 27.5 Å². The Labute approximate surface area is 161 Å². The van der Waals surface area contributed by atoms with E-state index in [4.69, 9.17) is 9.84 Å². The predicted molar refractivity (Wildman–Crippen MR) is 106 cm³/mol. The van der Waals surface area contributed by atoms with E-state index in [0.717, 1.165) is 39.2 Å². The number of aliphatic carboxylic acids is 1. The van der Waals surface area contributed by atoms with Crippen molar-refractivity contribution in [2.45, 2.75) is 46.3 Å². The molecule has 2 heterocycles. The molecule has 1 N–H and O–H groups in total. The number of nitrogens with zero attached hydrogens (tertiary/aromatic N) is 2. The van der Waals surface area contributed by atoms with Crippen LogP contribution in [0, 0.1) is 6.92 Å². The monoisotopic (exact) mass is 386 g/mol. The molecule has 7 heteroatoms. The van der Waals surface area contributed by atoms with Crippen LogP contribution in [0.5, 0.6) is 5.75 Å². The van der Waals surface area contributed by atoms with Crippen LogP contribution in [0.1, 0.15) is 43.2 Å². The quantitative estimate of drug-likeness (QED) is 0.665. The van der Waals surface area contributed by atoms with Gasteiger partial charge in [0.15, 0.2) is 0 Å². The van der Waals surface area contributed by atoms with Crippen LogP contribution < -0.4 is 9.61 Å². The number of hydrogen-bond acceptors (Lipinski definition) is 5. The van der Waals surface area contributed by atoms with E-state index >= 15 is 0 Å². The summed E-state index contributed by atoms with van der Waals surface area (Å²) in [6.07, 6.45) is 2.49. The Morgan fingerprint density at radius 3 is 2.78 bits per heavy atom. The van der Waals surface area contributed by atoms with E-state index in [1.54, 1.807) is 0 Å². The van der Waals surface area contributed by atoms with Crippen molar-refractivity contribution in [3.8, 4) is 5.75 Å². The highest BCUT2D eigenvalue weighted by molar-refractivity contribution is 7.16. The van der Waals surface area contributed by atoms with Gasteiger partial charge in [0.25, 0.3) is 0 Å². The van der Waals surface area contributed by atoms with Gasteiger partial charge in [-0.3, -0.25) is 19.1 Å². The number of thiazole rings is 1. The number of carbonyl (C=O) groups is 1. The third-order valence-corrected chi connectivity index (χ3v) is 5.43. The highest BCUT2D eigenvalue weighted by atomic mass is 32.1. The molecule has 0 unspecified atom stereocenters. The van der Waals surface area contributed by atoms with E-state index in [1.807, 2.05) is 44.3 Å². The molecule has 0 radical (unpaired) electrons. The molecule has 3 aromatic rings. The first kappa shape index (κ1) is 19.1. The summed E-state index contributed by atoms with van der Waals surface area (Å²) in [6.45, 7) is 6.11. The minimum Gasteiger partial charge on any atom is -0.484 e. The zero-order valence-corrected chi connectivity index (χ0v) is 16.4. The molecule has 27 heavy (non-hydrogen) atoms. The molecule has 142 valence electrons. The topological polar surface area (TPSA) is 81.4 Å². The standard InChI is InChI=1S/C20H22N2O4S/c1-4-14-5-6-15(21-11-14)13(3)26-17-10-18-16(9-12(17)2)22(20(25)27-18)8-7-19(23)24/h5-6,9-11,13H,4,7-8H2,1-3H3,(H,23,24)/t13-/m1/s1. The number of hydrogen-bond donors (Lipinski definition) is 1. The summed E-state index contributed by atoms with van der Waals surface area (Å²) < 4.78 is 8.40. The Bertz CT molecular complexity index is 1020. The maximum Gasteiger partial charge on any atom is 0.308 e. The maximum absolute atomic E-state index is 12.2. The van der Waals surface area contributed by atoms with Gasteiger partial charge in [-0.05, 0) is 49.6 Å². The van der Waals surface area contributed by atoms with Crippen molar-refractivity contribution in [2.75, 3.05) is 0 Å². The molecule has 1 aromatic carbocycles. The van der Waals surface area contributed by atoms with Crippen molar-refractivity contribution in [3.63, 3.8) is 0 Å². The van der Waals surface area contributed by atoms with E-state index in [9.17, 15) is 9.59 Å². The number of benzene rings is 1. The smallest absolute Gasteiger partial charge is 0.308 e. The lowest BCUT2D eigenvalue weighted by Crippen LogP contribution is -2.15. The van der Waals surface area contributed by atoms with Crippen LogP contribution >= 0.6 is 11.3 Å². The molecule has 0 bridgehead atoms. The average Bonchev–Trinajstić information content (AvgIpc) is 2.94. The van der Waals surface area contributed by atoms with Crippen molar-refractivity contribution < 1.29 is 14.6 Å². The summed E-state index contributed by atoms with van der Waals surface area (Å²) in [5.41, 5.74) is 3.66. The third kappa shape index (κ3) is 4.19. The Morgan fingerprint density at radius 2 is 2.15 bits per heavy atom. The molecule has 3 rings (SSSR count). The van der Waals surface area contributed by atoms with Gasteiger partial charge in [0.05, 0.1) is 22.3 Å². The third-order valence-electron chi connectivity index (χ3n) is 4.49. The molecule has 2 aromatic heterocycles. The number of ether oxygens (including phenoxy) is 1. The highest BCUT2D eigenvalue weighted by Crippen LogP contribution is 2.30. The van der Waals surface area contributed by atoms with Gasteiger partial charge < -0.3 is 9.84 Å². The molecular weight excluding hydrogens is 364 g/mol. The average molecular weight is 386 g/mol. The number of carboxylic acid groups (broad SMARTS) is 1. The van der Waals surface area contributed by atoms with E-state index in [2.05, 4.69) is 11.9 Å². The summed E-state index contributed by atoms with van der Waals surface area (Å²) >= 11 is 1.10. The van der Waals surface area contributed by atoms with Gasteiger partial charge in [-0.2, -0.15) is 0 Å². The van der Waals surface area contributed by atoms with E-state index in [1.165, 1.54) is 10.1 Å². The highest BCUT2D eigenvalue weighted by Gasteiger charge is 2.15. The molecule has 0 aliphatic heterocycles. The number of rotatable bonds is 7. The largest absolute Gasteiger partial charge is 0.484 e. The fourth-order valence-electron chi connectivity index (χ4n) is 2.88. The van der Waals surface area contributed by atoms with Crippen molar-refractivity contribution in [3.05, 3.63) is 57.0 Å². The van der Waals surface area contributed by atoms with Crippen molar-refractivity contribution in [1.29, 1.82) is 0 Å². The lowest BCUT2D eigenvalue weighted by Gasteiger charge is -2.16. The SMILES string of the molecule is CCc1ccc([C@@H](C)Oc2cc3sc(=O)n(CCC(=O)O)c3cc2C)nc1. The van der Waals surface area contributed by atoms with Gasteiger partial charge in [0, 0.05) is 12.7 Å². The molecule has 0 saturated heterocycles. The van der Waals surface area contributed by atoms with Gasteiger partial charge in [-0.15, -0.1) is 0 Å². The van der Waals surface area contributed by atoms with Gasteiger partial charge in [-0.25, -0.2) is 0 Å². The van der Waals surface area contributed by atoms with E-state index < -0.39 is 5.97 Å². The van der Waals surface area contributed by atoms with Gasteiger partial charge in [0.1, 0.15) is 11.9 Å². The number of aromatic nitrogens is 2. The molecule has 1 atom stereocenters. The second-order valence-electron chi connectivity index (χ2n) is 6.45. The Balaban J connectivity index is 1.87. The second-order valence-corrected chi connectivity index (χ2v) is 7.45. The first-order valence-corrected chi connectivity index (χ1v) is 9.68. The molecule has 0 fully saturated rings. The molecule has 6 nitrogen and oxygen atoms in total. The first-order valence-electron chi connectivity index (χ1n) is 8.86. The van der Waals surface area contributed by atoms with Crippen LogP contribution in [0.15, 0.2) is 35.3 Å². The minimum atomic E-state index is -0.923. The van der Waals surface area contributed by atoms with Gasteiger partial charge in [-0.1, -0.05) is 24.3 Å². The fourth-order valence-corrected chi connectivity index (χ4v) is 3.80. The number of pyridine rings is 1. The van der Waals surface area contributed by atoms with Crippen LogP contribution in [-0.4, -0.2) is 20.6 Å². The molecule has 0 aliphatic rings. The van der Waals surface area contributed by atoms with Gasteiger partial charge in [0.2, 0.25) is 0 Å². The summed E-state index contributed by atoms with van der Waals surface area (Å²) in [5, 5.41) is 8.88. The molecule has 0 saturated carbocycles.